The quantitative estimate of drug-likeness (QED) is 0.123. The summed E-state index contributed by atoms with van der Waals surface area (Å²) < 4.78 is 11.5. The maximum absolute atomic E-state index is 5.30. The van der Waals surface area contributed by atoms with Gasteiger partial charge in [0, 0.05) is 0 Å². The molecule has 2 saturated carbocycles. The second-order valence-electron chi connectivity index (χ2n) is 15.7. The van der Waals surface area contributed by atoms with E-state index in [1.807, 2.05) is 20.8 Å². The van der Waals surface area contributed by atoms with Crippen LogP contribution in [0, 0.1) is 78.8 Å². The number of hydrogen-bond donors (Lipinski definition) is 0. The van der Waals surface area contributed by atoms with Crippen molar-refractivity contribution in [3.05, 3.63) is 62.3 Å². The number of nitrogens with zero attached hydrogens (tertiary/aromatic N) is 9. The largest absolute Gasteiger partial charge is 3.00 e. The first-order valence-electron chi connectivity index (χ1n) is 17.9. The fourth-order valence-electron chi connectivity index (χ4n) is 7.57. The Morgan fingerprint density at radius 2 is 1.11 bits per heavy atom. The summed E-state index contributed by atoms with van der Waals surface area (Å²) in [5.41, 5.74) is 6.40. The normalized spacial score (nSPS) is 17.0. The molecule has 3 aromatic heterocycles. The standard InChI is InChI=1S/C19H39N3Si2.C15H22BN6.Er/c1-23(2,3)22-24(4,5)16-19(20-17-12-8-6-9-13-17)21-18-14-10-7-11-15-18;1-10-7-13(4)20(17-10)16(21-14(5)8-11(2)18-21)22-15(6)9-12(3)19-22;/h17-18H,6-16H2,1-5H3;7-9,16H,1-6H3;/q-2;-1;+3. The number of rotatable bonds is 9. The summed E-state index contributed by atoms with van der Waals surface area (Å²) >= 11 is 0. The fourth-order valence-corrected chi connectivity index (χ4v) is 16.1. The van der Waals surface area contributed by atoms with E-state index in [1.54, 1.807) is 0 Å². The molecule has 0 atom stereocenters. The minimum Gasteiger partial charge on any atom is -0.667 e. The van der Waals surface area contributed by atoms with E-state index < -0.39 is 23.6 Å². The molecule has 2 aliphatic carbocycles. The predicted molar refractivity (Wildman–Crippen MR) is 202 cm³/mol. The van der Waals surface area contributed by atoms with Gasteiger partial charge < -0.3 is 28.7 Å². The van der Waals surface area contributed by atoms with Crippen LogP contribution in [-0.2, 0) is 0 Å². The monoisotopic (exact) mass is 828 g/mol. The molecule has 0 bridgehead atoms. The SMILES string of the molecule is C[Si](C)(C)[N-][Si](C)(C)CC(=NC1CCCCC1)[N-]C1CCCCC1.Cc1cc(C)n([BH-](n2nc(C)cc2C)n2nc(C)cc2C)n1.[Er+3]. The molecular weight excluding hydrogens is 769 g/mol. The van der Waals surface area contributed by atoms with Crippen molar-refractivity contribution < 1.29 is 37.3 Å². The van der Waals surface area contributed by atoms with Gasteiger partial charge in [0.15, 0.2) is 0 Å². The maximum atomic E-state index is 5.30. The van der Waals surface area contributed by atoms with Crippen LogP contribution in [0.5, 0.6) is 0 Å². The molecule has 265 valence electrons. The van der Waals surface area contributed by atoms with Gasteiger partial charge in [-0.25, -0.2) is 15.3 Å². The molecule has 13 heteroatoms. The number of hydrogen-bond acceptors (Lipinski definition) is 4. The Morgan fingerprint density at radius 3 is 1.47 bits per heavy atom. The zero-order chi connectivity index (χ0) is 33.6. The Morgan fingerprint density at radius 1 is 0.702 bits per heavy atom. The molecular formula is C34H61BErN9Si2. The van der Waals surface area contributed by atoms with Crippen molar-refractivity contribution >= 4 is 29.4 Å². The van der Waals surface area contributed by atoms with Gasteiger partial charge in [0.1, 0.15) is 0 Å². The second-order valence-corrected chi connectivity index (χ2v) is 24.9. The van der Waals surface area contributed by atoms with E-state index in [4.69, 9.17) is 30.3 Å². The molecule has 0 unspecified atom stereocenters. The van der Waals surface area contributed by atoms with Crippen LogP contribution in [0.4, 0.5) is 0 Å². The Kier molecular flexibility index (Phi) is 15.1. The van der Waals surface area contributed by atoms with E-state index in [-0.39, 0.29) is 37.3 Å². The summed E-state index contributed by atoms with van der Waals surface area (Å²) in [6.07, 6.45) is 13.3. The van der Waals surface area contributed by atoms with Gasteiger partial charge in [-0.05, 0) is 88.9 Å². The van der Waals surface area contributed by atoms with Crippen LogP contribution in [0.2, 0.25) is 38.8 Å². The van der Waals surface area contributed by atoms with E-state index in [9.17, 15) is 0 Å². The maximum Gasteiger partial charge on any atom is 3.00 e. The second kappa shape index (κ2) is 17.6. The number of aliphatic imine (C=N–C) groups is 1. The van der Waals surface area contributed by atoms with Crippen molar-refractivity contribution in [3.63, 3.8) is 0 Å². The third kappa shape index (κ3) is 12.3. The summed E-state index contributed by atoms with van der Waals surface area (Å²) in [7, 11) is -4.24. The average Bonchev–Trinajstić information content (AvgIpc) is 3.58. The first-order chi connectivity index (χ1) is 21.6. The zero-order valence-corrected chi connectivity index (χ0v) is 35.0. The molecule has 3 heterocycles. The van der Waals surface area contributed by atoms with Crippen molar-refractivity contribution in [3.8, 4) is 0 Å². The Bertz CT molecular complexity index is 1330. The molecule has 0 N–H and O–H groups in total. The third-order valence-corrected chi connectivity index (χ3v) is 15.4. The van der Waals surface area contributed by atoms with Crippen LogP contribution in [-0.4, -0.2) is 70.6 Å². The van der Waals surface area contributed by atoms with Crippen LogP contribution < -0.4 is 0 Å². The molecule has 0 aliphatic heterocycles. The van der Waals surface area contributed by atoms with Crippen LogP contribution in [0.3, 0.4) is 0 Å². The van der Waals surface area contributed by atoms with Gasteiger partial charge in [0.2, 0.25) is 0 Å². The van der Waals surface area contributed by atoms with E-state index in [1.165, 1.54) is 70.0 Å². The molecule has 0 aromatic carbocycles. The minimum atomic E-state index is -1.61. The van der Waals surface area contributed by atoms with Gasteiger partial charge in [-0.2, -0.15) is 0 Å². The minimum absolute atomic E-state index is 0. The molecule has 3 aromatic rings. The van der Waals surface area contributed by atoms with Crippen molar-refractivity contribution in [2.24, 2.45) is 4.99 Å². The van der Waals surface area contributed by atoms with E-state index in [0.29, 0.717) is 12.1 Å². The molecule has 2 aliphatic rings. The Hall–Kier alpha value is -1.19. The summed E-state index contributed by atoms with van der Waals surface area (Å²) in [6.45, 7) is 24.2. The summed E-state index contributed by atoms with van der Waals surface area (Å²) in [5.74, 6) is 1.19. The van der Waals surface area contributed by atoms with Crippen LogP contribution in [0.15, 0.2) is 23.2 Å². The molecule has 5 rings (SSSR count). The molecule has 9 nitrogen and oxygen atoms in total. The number of amidine groups is 1. The number of aromatic nitrogens is 6. The first-order valence-corrected chi connectivity index (χ1v) is 24.5. The van der Waals surface area contributed by atoms with Gasteiger partial charge >= 0.3 is 44.4 Å². The van der Waals surface area contributed by atoms with Crippen molar-refractivity contribution in [1.82, 2.24) is 29.1 Å². The van der Waals surface area contributed by atoms with E-state index in [0.717, 1.165) is 40.2 Å². The summed E-state index contributed by atoms with van der Waals surface area (Å²) in [4.78, 5) is 5.18. The molecule has 0 saturated heterocycles. The Balaban J connectivity index is 0.000000251. The number of aryl methyl sites for hydroxylation is 6. The first kappa shape index (κ1) is 40.2. The third-order valence-electron chi connectivity index (χ3n) is 9.16. The summed E-state index contributed by atoms with van der Waals surface area (Å²) in [5, 5.41) is 19.3. The van der Waals surface area contributed by atoms with Crippen LogP contribution in [0.25, 0.3) is 9.96 Å². The van der Waals surface area contributed by atoms with Crippen molar-refractivity contribution in [1.29, 1.82) is 0 Å². The fraction of sp³-hybridized carbons (Fsp3) is 0.706. The topological polar surface area (TPSA) is 94.0 Å². The van der Waals surface area contributed by atoms with Gasteiger partial charge in [-0.3, -0.25) is 0 Å². The molecule has 2 fully saturated rings. The molecule has 0 amide bonds. The Labute approximate surface area is 317 Å². The smallest absolute Gasteiger partial charge is 0.667 e. The average molecular weight is 830 g/mol. The molecule has 0 spiro atoms. The zero-order valence-electron chi connectivity index (χ0n) is 31.2. The predicted octanol–water partition coefficient (Wildman–Crippen LogP) is 8.63. The van der Waals surface area contributed by atoms with Crippen molar-refractivity contribution in [2.45, 2.75) is 157 Å². The van der Waals surface area contributed by atoms with Crippen molar-refractivity contribution in [2.75, 3.05) is 0 Å². The summed E-state index contributed by atoms with van der Waals surface area (Å²) in [6, 6.07) is 8.42. The van der Waals surface area contributed by atoms with Gasteiger partial charge in [-0.15, -0.1) is 0 Å². The van der Waals surface area contributed by atoms with E-state index in [2.05, 4.69) is 85.5 Å². The van der Waals surface area contributed by atoms with Crippen LogP contribution >= 0.6 is 0 Å². The van der Waals surface area contributed by atoms with E-state index >= 15 is 0 Å². The van der Waals surface area contributed by atoms with Gasteiger partial charge in [0.05, 0.1) is 17.1 Å². The molecule has 47 heavy (non-hydrogen) atoms. The van der Waals surface area contributed by atoms with Crippen LogP contribution in [0.1, 0.15) is 98.4 Å². The molecule has 1 radical (unpaired) electrons. The van der Waals surface area contributed by atoms with Gasteiger partial charge in [0.25, 0.3) is 0 Å². The van der Waals surface area contributed by atoms with Gasteiger partial charge in [-0.1, -0.05) is 125 Å².